The first kappa shape index (κ1) is 15.5. The Balaban J connectivity index is 1.65. The number of nitrogens with one attached hydrogen (secondary N) is 1. The molecule has 1 N–H and O–H groups in total. The summed E-state index contributed by atoms with van der Waals surface area (Å²) < 4.78 is 11.5. The largest absolute Gasteiger partial charge is 0.464 e. The molecule has 0 unspecified atom stereocenters. The maximum Gasteiger partial charge on any atom is 0.130 e. The van der Waals surface area contributed by atoms with Crippen LogP contribution in [0.1, 0.15) is 43.3 Å². The van der Waals surface area contributed by atoms with E-state index in [0.717, 1.165) is 44.2 Å². The topological polar surface area (TPSA) is 37.6 Å². The molecule has 0 aromatic carbocycles. The molecule has 1 saturated heterocycles. The van der Waals surface area contributed by atoms with Crippen molar-refractivity contribution in [2.45, 2.75) is 46.3 Å². The molecular weight excluding hydrogens is 252 g/mol. The van der Waals surface area contributed by atoms with Gasteiger partial charge in [-0.15, -0.1) is 0 Å². The average Bonchev–Trinajstić information content (AvgIpc) is 3.06. The van der Waals surface area contributed by atoms with Crippen molar-refractivity contribution in [2.24, 2.45) is 0 Å². The highest BCUT2D eigenvalue weighted by atomic mass is 16.5. The van der Waals surface area contributed by atoms with Crippen LogP contribution in [-0.4, -0.2) is 37.7 Å². The van der Waals surface area contributed by atoms with E-state index in [9.17, 15) is 0 Å². The van der Waals surface area contributed by atoms with Gasteiger partial charge >= 0.3 is 0 Å². The molecule has 0 spiro atoms. The minimum absolute atomic E-state index is 0.586. The van der Waals surface area contributed by atoms with Crippen molar-refractivity contribution in [1.29, 1.82) is 0 Å². The molecule has 1 fully saturated rings. The first-order chi connectivity index (χ1) is 9.79. The predicted molar refractivity (Wildman–Crippen MR) is 80.8 cm³/mol. The fraction of sp³-hybridized carbons (Fsp3) is 0.750. The molecule has 4 heteroatoms. The molecule has 0 atom stereocenters. The van der Waals surface area contributed by atoms with Crippen LogP contribution in [0.3, 0.4) is 0 Å². The van der Waals surface area contributed by atoms with Gasteiger partial charge in [-0.2, -0.15) is 0 Å². The minimum atomic E-state index is 0.586. The molecule has 0 radical (unpaired) electrons. The summed E-state index contributed by atoms with van der Waals surface area (Å²) >= 11 is 0. The van der Waals surface area contributed by atoms with Gasteiger partial charge in [-0.3, -0.25) is 0 Å². The van der Waals surface area contributed by atoms with Crippen LogP contribution in [0, 0.1) is 6.92 Å². The third-order valence-electron chi connectivity index (χ3n) is 3.81. The number of aryl methyl sites for hydroxylation is 1. The molecule has 1 aliphatic heterocycles. The van der Waals surface area contributed by atoms with Crippen molar-refractivity contribution in [2.75, 3.05) is 32.8 Å². The first-order valence-electron chi connectivity index (χ1n) is 7.88. The van der Waals surface area contributed by atoms with Crippen molar-refractivity contribution < 1.29 is 9.15 Å². The smallest absolute Gasteiger partial charge is 0.130 e. The Bertz CT molecular complexity index is 384. The van der Waals surface area contributed by atoms with Crippen molar-refractivity contribution in [3.05, 3.63) is 23.2 Å². The zero-order chi connectivity index (χ0) is 14.2. The molecule has 0 bridgehead atoms. The molecule has 4 nitrogen and oxygen atoms in total. The van der Waals surface area contributed by atoms with E-state index in [2.05, 4.69) is 23.2 Å². The van der Waals surface area contributed by atoms with E-state index in [0.29, 0.717) is 6.61 Å². The Labute approximate surface area is 122 Å². The molecule has 0 aliphatic carbocycles. The Hall–Kier alpha value is -0.840. The highest BCUT2D eigenvalue weighted by Gasteiger charge is 2.11. The van der Waals surface area contributed by atoms with Gasteiger partial charge in [-0.05, 0) is 51.9 Å². The highest BCUT2D eigenvalue weighted by Crippen LogP contribution is 2.15. The molecule has 1 aromatic heterocycles. The lowest BCUT2D eigenvalue weighted by molar-refractivity contribution is 0.0870. The van der Waals surface area contributed by atoms with Gasteiger partial charge in [0, 0.05) is 18.7 Å². The Morgan fingerprint density at radius 3 is 2.90 bits per heavy atom. The summed E-state index contributed by atoms with van der Waals surface area (Å²) in [5.41, 5.74) is 1.25. The zero-order valence-electron chi connectivity index (χ0n) is 12.9. The van der Waals surface area contributed by atoms with Gasteiger partial charge in [0.05, 0.1) is 6.61 Å². The summed E-state index contributed by atoms with van der Waals surface area (Å²) in [5.74, 6) is 1.95. The summed E-state index contributed by atoms with van der Waals surface area (Å²) in [4.78, 5) is 2.47. The Morgan fingerprint density at radius 2 is 2.15 bits per heavy atom. The molecule has 0 saturated carbocycles. The fourth-order valence-electron chi connectivity index (χ4n) is 2.61. The third-order valence-corrected chi connectivity index (χ3v) is 3.81. The fourth-order valence-corrected chi connectivity index (χ4v) is 2.61. The molecule has 114 valence electrons. The van der Waals surface area contributed by atoms with Crippen LogP contribution in [-0.2, 0) is 17.9 Å². The van der Waals surface area contributed by atoms with Crippen molar-refractivity contribution in [3.63, 3.8) is 0 Å². The van der Waals surface area contributed by atoms with Crippen LogP contribution in [0.25, 0.3) is 0 Å². The number of ether oxygens (including phenoxy) is 1. The lowest BCUT2D eigenvalue weighted by Crippen LogP contribution is -2.23. The van der Waals surface area contributed by atoms with E-state index in [1.807, 2.05) is 6.92 Å². The van der Waals surface area contributed by atoms with E-state index < -0.39 is 0 Å². The van der Waals surface area contributed by atoms with Crippen LogP contribution in [0.2, 0.25) is 0 Å². The number of hydrogen-bond donors (Lipinski definition) is 1. The van der Waals surface area contributed by atoms with E-state index in [1.54, 1.807) is 0 Å². The standard InChI is InChI=1S/C16H28N2O2/c1-3-6-17-12-15-11-16(20-14(15)2)13-19-10-9-18-7-4-5-8-18/h11,17H,3-10,12-13H2,1-2H3. The molecule has 0 amide bonds. The van der Waals surface area contributed by atoms with Gasteiger partial charge in [0.1, 0.15) is 18.1 Å². The number of rotatable bonds is 9. The van der Waals surface area contributed by atoms with Gasteiger partial charge < -0.3 is 19.4 Å². The number of likely N-dealkylation sites (tertiary alicyclic amines) is 1. The van der Waals surface area contributed by atoms with E-state index in [1.165, 1.54) is 31.5 Å². The summed E-state index contributed by atoms with van der Waals surface area (Å²) in [5, 5.41) is 3.40. The summed E-state index contributed by atoms with van der Waals surface area (Å²) in [7, 11) is 0. The SMILES string of the molecule is CCCNCc1cc(COCCN2CCCC2)oc1C. The predicted octanol–water partition coefficient (Wildman–Crippen LogP) is 2.70. The molecule has 2 rings (SSSR count). The van der Waals surface area contributed by atoms with Crippen LogP contribution in [0.15, 0.2) is 10.5 Å². The lowest BCUT2D eigenvalue weighted by atomic mass is 10.2. The van der Waals surface area contributed by atoms with Gasteiger partial charge in [0.15, 0.2) is 0 Å². The molecule has 2 heterocycles. The summed E-state index contributed by atoms with van der Waals surface area (Å²) in [6.45, 7) is 11.0. The normalized spacial score (nSPS) is 16.1. The van der Waals surface area contributed by atoms with Crippen LogP contribution >= 0.6 is 0 Å². The average molecular weight is 280 g/mol. The van der Waals surface area contributed by atoms with E-state index in [-0.39, 0.29) is 0 Å². The quantitative estimate of drug-likeness (QED) is 0.706. The van der Waals surface area contributed by atoms with Crippen molar-refractivity contribution >= 4 is 0 Å². The summed E-state index contributed by atoms with van der Waals surface area (Å²) in [6, 6.07) is 2.12. The summed E-state index contributed by atoms with van der Waals surface area (Å²) in [6.07, 6.45) is 3.83. The minimum Gasteiger partial charge on any atom is -0.464 e. The van der Waals surface area contributed by atoms with Crippen molar-refractivity contribution in [1.82, 2.24) is 10.2 Å². The highest BCUT2D eigenvalue weighted by molar-refractivity contribution is 5.20. The molecular formula is C16H28N2O2. The van der Waals surface area contributed by atoms with Gasteiger partial charge in [-0.1, -0.05) is 6.92 Å². The van der Waals surface area contributed by atoms with Gasteiger partial charge in [0.25, 0.3) is 0 Å². The second-order valence-electron chi connectivity index (χ2n) is 5.57. The van der Waals surface area contributed by atoms with E-state index >= 15 is 0 Å². The van der Waals surface area contributed by atoms with Crippen LogP contribution in [0.5, 0.6) is 0 Å². The second kappa shape index (κ2) is 8.45. The van der Waals surface area contributed by atoms with Gasteiger partial charge in [0.2, 0.25) is 0 Å². The van der Waals surface area contributed by atoms with Crippen LogP contribution < -0.4 is 5.32 Å². The third kappa shape index (κ3) is 4.93. The monoisotopic (exact) mass is 280 g/mol. The molecule has 20 heavy (non-hydrogen) atoms. The zero-order valence-corrected chi connectivity index (χ0v) is 12.9. The lowest BCUT2D eigenvalue weighted by Gasteiger charge is -2.13. The maximum atomic E-state index is 5.74. The maximum absolute atomic E-state index is 5.74. The number of hydrogen-bond acceptors (Lipinski definition) is 4. The van der Waals surface area contributed by atoms with E-state index in [4.69, 9.17) is 9.15 Å². The van der Waals surface area contributed by atoms with Crippen LogP contribution in [0.4, 0.5) is 0 Å². The Kier molecular flexibility index (Phi) is 6.57. The number of furan rings is 1. The number of nitrogens with zero attached hydrogens (tertiary/aromatic N) is 1. The second-order valence-corrected chi connectivity index (χ2v) is 5.57. The molecule has 1 aliphatic rings. The Morgan fingerprint density at radius 1 is 1.35 bits per heavy atom. The molecule has 1 aromatic rings. The van der Waals surface area contributed by atoms with Gasteiger partial charge in [-0.25, -0.2) is 0 Å². The van der Waals surface area contributed by atoms with Crippen molar-refractivity contribution in [3.8, 4) is 0 Å². The first-order valence-corrected chi connectivity index (χ1v) is 7.88.